The first-order valence-corrected chi connectivity index (χ1v) is 5.58. The van der Waals surface area contributed by atoms with E-state index in [1.54, 1.807) is 13.8 Å². The zero-order valence-electron chi connectivity index (χ0n) is 10.6. The van der Waals surface area contributed by atoms with Gasteiger partial charge in [-0.25, -0.2) is 4.79 Å². The Morgan fingerprint density at radius 1 is 1.47 bits per heavy atom. The molecule has 0 saturated carbocycles. The lowest BCUT2D eigenvalue weighted by atomic mass is 10.1. The summed E-state index contributed by atoms with van der Waals surface area (Å²) in [5.74, 6) is -1.59. The number of hydrogen-bond acceptors (Lipinski definition) is 5. The summed E-state index contributed by atoms with van der Waals surface area (Å²) in [6.07, 6.45) is 0.220. The van der Waals surface area contributed by atoms with Gasteiger partial charge in [0.1, 0.15) is 5.56 Å². The highest BCUT2D eigenvalue weighted by molar-refractivity contribution is 5.92. The average Bonchev–Trinajstić information content (AvgIpc) is 2.26. The van der Waals surface area contributed by atoms with Crippen molar-refractivity contribution in [2.24, 2.45) is 0 Å². The first-order chi connectivity index (χ1) is 8.72. The fraction of sp³-hybridized carbons (Fsp3) is 0.417. The molecular formula is C12H15NO6. The standard InChI is InChI=1S/C12H15NO6/c1-12(2,16)6-7-19-10-8(11(14)15)4-3-5-9(10)13(17)18/h3-5,16H,6-7H2,1-2H3,(H,14,15). The number of aliphatic hydroxyl groups is 1. The van der Waals surface area contributed by atoms with Crippen LogP contribution in [0.3, 0.4) is 0 Å². The van der Waals surface area contributed by atoms with Crippen molar-refractivity contribution < 1.29 is 24.7 Å². The number of nitro groups is 1. The summed E-state index contributed by atoms with van der Waals surface area (Å²) >= 11 is 0. The Morgan fingerprint density at radius 3 is 2.58 bits per heavy atom. The zero-order chi connectivity index (χ0) is 14.6. The molecule has 2 N–H and O–H groups in total. The number of nitrogens with zero attached hydrogens (tertiary/aromatic N) is 1. The van der Waals surface area contributed by atoms with E-state index in [2.05, 4.69) is 0 Å². The molecule has 0 heterocycles. The third-order valence-electron chi connectivity index (χ3n) is 2.38. The maximum absolute atomic E-state index is 11.0. The number of carboxylic acid groups (broad SMARTS) is 1. The minimum absolute atomic E-state index is 0.0192. The van der Waals surface area contributed by atoms with Crippen molar-refractivity contribution in [1.29, 1.82) is 0 Å². The Bertz CT molecular complexity index is 459. The second-order valence-corrected chi connectivity index (χ2v) is 4.63. The van der Waals surface area contributed by atoms with Crippen molar-refractivity contribution in [3.8, 4) is 5.75 Å². The first kappa shape index (κ1) is 14.9. The Morgan fingerprint density at radius 2 is 2.11 bits per heavy atom. The van der Waals surface area contributed by atoms with E-state index >= 15 is 0 Å². The van der Waals surface area contributed by atoms with Crippen molar-refractivity contribution in [2.45, 2.75) is 25.9 Å². The number of rotatable bonds is 6. The van der Waals surface area contributed by atoms with E-state index in [0.29, 0.717) is 0 Å². The average molecular weight is 269 g/mol. The predicted molar refractivity (Wildman–Crippen MR) is 66.5 cm³/mol. The van der Waals surface area contributed by atoms with E-state index in [-0.39, 0.29) is 24.3 Å². The summed E-state index contributed by atoms with van der Waals surface area (Å²) in [7, 11) is 0. The van der Waals surface area contributed by atoms with Gasteiger partial charge >= 0.3 is 11.7 Å². The zero-order valence-corrected chi connectivity index (χ0v) is 10.6. The molecule has 0 unspecified atom stereocenters. The fourth-order valence-electron chi connectivity index (χ4n) is 1.39. The summed E-state index contributed by atoms with van der Waals surface area (Å²) in [6.45, 7) is 3.11. The van der Waals surface area contributed by atoms with Crippen molar-refractivity contribution in [3.63, 3.8) is 0 Å². The molecule has 0 aromatic heterocycles. The molecule has 0 saturated heterocycles. The normalized spacial score (nSPS) is 11.1. The number of hydrogen-bond donors (Lipinski definition) is 2. The van der Waals surface area contributed by atoms with Gasteiger partial charge in [-0.15, -0.1) is 0 Å². The number of nitro benzene ring substituents is 1. The molecule has 0 aliphatic carbocycles. The summed E-state index contributed by atoms with van der Waals surface area (Å²) in [5.41, 5.74) is -1.67. The number of benzene rings is 1. The molecule has 104 valence electrons. The monoisotopic (exact) mass is 269 g/mol. The van der Waals surface area contributed by atoms with Crippen molar-refractivity contribution >= 4 is 11.7 Å². The number of aromatic carboxylic acids is 1. The summed E-state index contributed by atoms with van der Waals surface area (Å²) < 4.78 is 5.18. The van der Waals surface area contributed by atoms with Gasteiger partial charge in [0, 0.05) is 12.5 Å². The van der Waals surface area contributed by atoms with Crippen molar-refractivity contribution in [3.05, 3.63) is 33.9 Å². The van der Waals surface area contributed by atoms with E-state index in [9.17, 15) is 20.0 Å². The van der Waals surface area contributed by atoms with Crippen molar-refractivity contribution in [1.82, 2.24) is 0 Å². The van der Waals surface area contributed by atoms with Gasteiger partial charge in [-0.05, 0) is 19.9 Å². The van der Waals surface area contributed by atoms with E-state index in [1.807, 2.05) is 0 Å². The van der Waals surface area contributed by atoms with Crippen LogP contribution in [-0.2, 0) is 0 Å². The summed E-state index contributed by atoms with van der Waals surface area (Å²) in [5, 5.41) is 29.3. The highest BCUT2D eigenvalue weighted by atomic mass is 16.6. The maximum atomic E-state index is 11.0. The van der Waals surface area contributed by atoms with Gasteiger partial charge in [0.25, 0.3) is 0 Å². The molecule has 19 heavy (non-hydrogen) atoms. The Hall–Kier alpha value is -2.15. The number of carboxylic acids is 1. The van der Waals surface area contributed by atoms with Crippen LogP contribution in [0.4, 0.5) is 5.69 Å². The summed E-state index contributed by atoms with van der Waals surface area (Å²) in [4.78, 5) is 21.1. The predicted octanol–water partition coefficient (Wildman–Crippen LogP) is 1.83. The van der Waals surface area contributed by atoms with Gasteiger partial charge in [0.2, 0.25) is 5.75 Å². The molecule has 0 fully saturated rings. The maximum Gasteiger partial charge on any atom is 0.339 e. The minimum atomic E-state index is -1.30. The number of ether oxygens (including phenoxy) is 1. The van der Waals surface area contributed by atoms with Crippen LogP contribution in [-0.4, -0.2) is 33.3 Å². The molecule has 0 radical (unpaired) electrons. The molecule has 0 bridgehead atoms. The van der Waals surface area contributed by atoms with E-state index in [0.717, 1.165) is 0 Å². The van der Waals surface area contributed by atoms with Crippen LogP contribution in [0.25, 0.3) is 0 Å². The first-order valence-electron chi connectivity index (χ1n) is 5.58. The van der Waals surface area contributed by atoms with Crippen LogP contribution in [0.1, 0.15) is 30.6 Å². The molecule has 1 aromatic rings. The third kappa shape index (κ3) is 4.22. The smallest absolute Gasteiger partial charge is 0.339 e. The molecule has 0 aliphatic heterocycles. The second kappa shape index (κ2) is 5.66. The Kier molecular flexibility index (Phi) is 4.44. The molecule has 7 heteroatoms. The van der Waals surface area contributed by atoms with Crippen molar-refractivity contribution in [2.75, 3.05) is 6.61 Å². The van der Waals surface area contributed by atoms with Crippen LogP contribution in [0.15, 0.2) is 18.2 Å². The highest BCUT2D eigenvalue weighted by Crippen LogP contribution is 2.31. The van der Waals surface area contributed by atoms with E-state index in [4.69, 9.17) is 9.84 Å². The van der Waals surface area contributed by atoms with Gasteiger partial charge in [-0.1, -0.05) is 6.07 Å². The van der Waals surface area contributed by atoms with Crippen LogP contribution < -0.4 is 4.74 Å². The molecule has 0 aliphatic rings. The second-order valence-electron chi connectivity index (χ2n) is 4.63. The van der Waals surface area contributed by atoms with Crippen LogP contribution >= 0.6 is 0 Å². The molecule has 1 aromatic carbocycles. The van der Waals surface area contributed by atoms with Gasteiger partial charge in [-0.2, -0.15) is 0 Å². The molecule has 0 amide bonds. The van der Waals surface area contributed by atoms with E-state index in [1.165, 1.54) is 18.2 Å². The number of carbonyl (C=O) groups is 1. The van der Waals surface area contributed by atoms with Crippen LogP contribution in [0.2, 0.25) is 0 Å². The van der Waals surface area contributed by atoms with Gasteiger partial charge < -0.3 is 14.9 Å². The van der Waals surface area contributed by atoms with Crippen LogP contribution in [0.5, 0.6) is 5.75 Å². The quantitative estimate of drug-likeness (QED) is 0.602. The molecular weight excluding hydrogens is 254 g/mol. The largest absolute Gasteiger partial charge is 0.486 e. The Labute approximate surface area is 109 Å². The lowest BCUT2D eigenvalue weighted by Gasteiger charge is -2.17. The SMILES string of the molecule is CC(C)(O)CCOc1c(C(=O)O)cccc1[N+](=O)[O-]. The minimum Gasteiger partial charge on any atom is -0.486 e. The fourth-order valence-corrected chi connectivity index (χ4v) is 1.39. The van der Waals surface area contributed by atoms with Crippen LogP contribution in [0, 0.1) is 10.1 Å². The molecule has 1 rings (SSSR count). The lowest BCUT2D eigenvalue weighted by Crippen LogP contribution is -2.22. The van der Waals surface area contributed by atoms with Gasteiger partial charge in [0.15, 0.2) is 0 Å². The lowest BCUT2D eigenvalue weighted by molar-refractivity contribution is -0.385. The highest BCUT2D eigenvalue weighted by Gasteiger charge is 2.23. The topological polar surface area (TPSA) is 110 Å². The van der Waals surface area contributed by atoms with Gasteiger partial charge in [0.05, 0.1) is 17.1 Å². The summed E-state index contributed by atoms with van der Waals surface area (Å²) in [6, 6.07) is 3.69. The molecule has 0 spiro atoms. The Balaban J connectivity index is 3.02. The van der Waals surface area contributed by atoms with E-state index < -0.39 is 22.2 Å². The number of para-hydroxylation sites is 1. The van der Waals surface area contributed by atoms with Gasteiger partial charge in [-0.3, -0.25) is 10.1 Å². The molecule has 7 nitrogen and oxygen atoms in total. The molecule has 0 atom stereocenters. The third-order valence-corrected chi connectivity index (χ3v) is 2.38.